The first-order valence-electron chi connectivity index (χ1n) is 4.36. The minimum atomic E-state index is 0.358. The molecule has 0 aromatic carbocycles. The molecule has 3 heterocycles. The highest BCUT2D eigenvalue weighted by Gasteiger charge is 2.12. The predicted molar refractivity (Wildman–Crippen MR) is 66.8 cm³/mol. The molecule has 0 aliphatic rings. The van der Waals surface area contributed by atoms with Crippen LogP contribution in [0.5, 0.6) is 0 Å². The smallest absolute Gasteiger partial charge is 0.198 e. The molecule has 0 fully saturated rings. The summed E-state index contributed by atoms with van der Waals surface area (Å²) in [6.07, 6.45) is 3.43. The average molecular weight is 316 g/mol. The van der Waals surface area contributed by atoms with Gasteiger partial charge in [-0.2, -0.15) is 0 Å². The van der Waals surface area contributed by atoms with Crippen LogP contribution in [0.25, 0.3) is 16.3 Å². The molecule has 0 N–H and O–H groups in total. The molecule has 3 aromatic rings. The van der Waals surface area contributed by atoms with Gasteiger partial charge in [0.25, 0.3) is 0 Å². The molecule has 3 aromatic heterocycles. The largest absolute Gasteiger partial charge is 0.278 e. The lowest BCUT2D eigenvalue weighted by atomic mass is 10.4. The van der Waals surface area contributed by atoms with E-state index in [2.05, 4.69) is 31.1 Å². The van der Waals surface area contributed by atoms with Gasteiger partial charge < -0.3 is 0 Å². The molecule has 0 bridgehead atoms. The molecule has 4 nitrogen and oxygen atoms in total. The normalized spacial score (nSPS) is 11.1. The van der Waals surface area contributed by atoms with Gasteiger partial charge >= 0.3 is 0 Å². The van der Waals surface area contributed by atoms with Crippen LogP contribution in [0, 0.1) is 0 Å². The Labute approximate surface area is 108 Å². The quantitative estimate of drug-likeness (QED) is 0.692. The number of hydrogen-bond donors (Lipinski definition) is 0. The highest BCUT2D eigenvalue weighted by Crippen LogP contribution is 2.30. The number of fused-ring (bicyclic) bond motifs is 1. The van der Waals surface area contributed by atoms with Crippen molar-refractivity contribution in [2.75, 3.05) is 0 Å². The second-order valence-electron chi connectivity index (χ2n) is 3.04. The van der Waals surface area contributed by atoms with E-state index in [-0.39, 0.29) is 0 Å². The van der Waals surface area contributed by atoms with E-state index in [1.807, 2.05) is 16.5 Å². The van der Waals surface area contributed by atoms with Crippen LogP contribution in [0.3, 0.4) is 0 Å². The van der Waals surface area contributed by atoms with E-state index in [1.165, 1.54) is 0 Å². The highest BCUT2D eigenvalue weighted by molar-refractivity contribution is 9.11. The van der Waals surface area contributed by atoms with Gasteiger partial charge in [-0.25, -0.2) is 4.98 Å². The van der Waals surface area contributed by atoms with Crippen LogP contribution in [0.4, 0.5) is 0 Å². The van der Waals surface area contributed by atoms with Crippen LogP contribution in [0.2, 0.25) is 5.15 Å². The van der Waals surface area contributed by atoms with E-state index < -0.39 is 0 Å². The SMILES string of the molecule is Clc1nccn2c(-c3ccc(Br)s3)nnc12. The summed E-state index contributed by atoms with van der Waals surface area (Å²) in [5.74, 6) is 0.773. The Hall–Kier alpha value is -0.980. The zero-order chi connectivity index (χ0) is 11.1. The van der Waals surface area contributed by atoms with Crippen molar-refractivity contribution in [3.8, 4) is 10.7 Å². The second kappa shape index (κ2) is 3.80. The summed E-state index contributed by atoms with van der Waals surface area (Å²) in [6.45, 7) is 0. The maximum absolute atomic E-state index is 5.92. The molecule has 0 radical (unpaired) electrons. The first-order chi connectivity index (χ1) is 7.75. The van der Waals surface area contributed by atoms with Crippen LogP contribution in [0.1, 0.15) is 0 Å². The predicted octanol–water partition coefficient (Wildman–Crippen LogP) is 3.27. The fraction of sp³-hybridized carbons (Fsp3) is 0. The van der Waals surface area contributed by atoms with Crippen molar-refractivity contribution in [2.45, 2.75) is 0 Å². The summed E-state index contributed by atoms with van der Waals surface area (Å²) < 4.78 is 2.88. The van der Waals surface area contributed by atoms with E-state index in [1.54, 1.807) is 23.7 Å². The monoisotopic (exact) mass is 314 g/mol. The number of thiophene rings is 1. The molecular formula is C9H4BrClN4S. The Morgan fingerprint density at radius 3 is 2.94 bits per heavy atom. The van der Waals surface area contributed by atoms with Crippen molar-refractivity contribution in [3.05, 3.63) is 33.5 Å². The van der Waals surface area contributed by atoms with Crippen LogP contribution in [-0.2, 0) is 0 Å². The van der Waals surface area contributed by atoms with E-state index in [4.69, 9.17) is 11.6 Å². The molecule has 0 spiro atoms. The maximum Gasteiger partial charge on any atom is 0.198 e. The fourth-order valence-corrected chi connectivity index (χ4v) is 2.95. The minimum absolute atomic E-state index is 0.358. The number of aromatic nitrogens is 4. The molecule has 0 saturated carbocycles. The van der Waals surface area contributed by atoms with Crippen molar-refractivity contribution in [1.29, 1.82) is 0 Å². The van der Waals surface area contributed by atoms with Gasteiger partial charge in [-0.05, 0) is 28.1 Å². The molecule has 16 heavy (non-hydrogen) atoms. The van der Waals surface area contributed by atoms with Gasteiger partial charge in [-0.3, -0.25) is 4.40 Å². The molecule has 80 valence electrons. The van der Waals surface area contributed by atoms with Crippen molar-refractivity contribution in [1.82, 2.24) is 19.6 Å². The van der Waals surface area contributed by atoms with Crippen molar-refractivity contribution >= 4 is 44.5 Å². The van der Waals surface area contributed by atoms with Crippen LogP contribution >= 0.6 is 38.9 Å². The third-order valence-corrected chi connectivity index (χ3v) is 3.96. The summed E-state index contributed by atoms with van der Waals surface area (Å²) in [5, 5.41) is 8.49. The lowest BCUT2D eigenvalue weighted by Crippen LogP contribution is -1.89. The fourth-order valence-electron chi connectivity index (χ4n) is 1.40. The topological polar surface area (TPSA) is 43.1 Å². The van der Waals surface area contributed by atoms with Crippen molar-refractivity contribution in [2.24, 2.45) is 0 Å². The Balaban J connectivity index is 2.29. The number of hydrogen-bond acceptors (Lipinski definition) is 4. The highest BCUT2D eigenvalue weighted by atomic mass is 79.9. The van der Waals surface area contributed by atoms with Crippen LogP contribution < -0.4 is 0 Å². The molecule has 3 rings (SSSR count). The standard InChI is InChI=1S/C9H4BrClN4S/c10-6-2-1-5(16-6)8-13-14-9-7(11)12-3-4-15(8)9/h1-4H. The Morgan fingerprint density at radius 2 is 2.19 bits per heavy atom. The van der Waals surface area contributed by atoms with E-state index >= 15 is 0 Å². The molecule has 0 amide bonds. The van der Waals surface area contributed by atoms with E-state index in [9.17, 15) is 0 Å². The van der Waals surface area contributed by atoms with Crippen LogP contribution in [0.15, 0.2) is 28.3 Å². The average Bonchev–Trinajstić information content (AvgIpc) is 2.84. The lowest BCUT2D eigenvalue weighted by Gasteiger charge is -1.96. The summed E-state index contributed by atoms with van der Waals surface area (Å²) in [7, 11) is 0. The number of halogens is 2. The maximum atomic E-state index is 5.92. The summed E-state index contributed by atoms with van der Waals surface area (Å²) >= 11 is 10.9. The van der Waals surface area contributed by atoms with Gasteiger partial charge in [0.2, 0.25) is 0 Å². The van der Waals surface area contributed by atoms with Gasteiger partial charge in [-0.1, -0.05) is 11.6 Å². The first-order valence-corrected chi connectivity index (χ1v) is 6.35. The Kier molecular flexibility index (Phi) is 2.42. The summed E-state index contributed by atoms with van der Waals surface area (Å²) in [6, 6.07) is 3.96. The number of nitrogens with zero attached hydrogens (tertiary/aromatic N) is 4. The third-order valence-electron chi connectivity index (χ3n) is 2.08. The Bertz CT molecular complexity index is 662. The van der Waals surface area contributed by atoms with Gasteiger partial charge in [0, 0.05) is 12.4 Å². The van der Waals surface area contributed by atoms with Gasteiger partial charge in [0.1, 0.15) is 0 Å². The molecule has 7 heteroatoms. The second-order valence-corrected chi connectivity index (χ2v) is 5.86. The minimum Gasteiger partial charge on any atom is -0.278 e. The third kappa shape index (κ3) is 1.53. The van der Waals surface area contributed by atoms with Gasteiger partial charge in [0.05, 0.1) is 8.66 Å². The number of rotatable bonds is 1. The molecule has 0 aliphatic heterocycles. The van der Waals surface area contributed by atoms with Gasteiger partial charge in [0.15, 0.2) is 16.6 Å². The molecule has 0 atom stereocenters. The van der Waals surface area contributed by atoms with E-state index in [0.717, 1.165) is 14.5 Å². The van der Waals surface area contributed by atoms with Crippen LogP contribution in [-0.4, -0.2) is 19.6 Å². The summed E-state index contributed by atoms with van der Waals surface area (Å²) in [4.78, 5) is 4.99. The van der Waals surface area contributed by atoms with E-state index in [0.29, 0.717) is 10.8 Å². The zero-order valence-electron chi connectivity index (χ0n) is 7.76. The lowest BCUT2D eigenvalue weighted by molar-refractivity contribution is 1.12. The molecule has 0 unspecified atom stereocenters. The molecular weight excluding hydrogens is 312 g/mol. The molecule has 0 aliphatic carbocycles. The van der Waals surface area contributed by atoms with Gasteiger partial charge in [-0.15, -0.1) is 21.5 Å². The van der Waals surface area contributed by atoms with Crippen molar-refractivity contribution in [3.63, 3.8) is 0 Å². The first kappa shape index (κ1) is 10.2. The van der Waals surface area contributed by atoms with Crippen molar-refractivity contribution < 1.29 is 0 Å². The molecule has 0 saturated heterocycles. The zero-order valence-corrected chi connectivity index (χ0v) is 10.9. The Morgan fingerprint density at radius 1 is 1.31 bits per heavy atom. The summed E-state index contributed by atoms with van der Waals surface area (Å²) in [5.41, 5.74) is 0.573.